The smallest absolute Gasteiger partial charge is 0.406 e. The summed E-state index contributed by atoms with van der Waals surface area (Å²) in [5, 5.41) is 3.74. The molecule has 2 amide bonds. The minimum Gasteiger partial charge on any atom is -0.497 e. The average molecular weight is 356 g/mol. The number of hydrogen-bond acceptors (Lipinski definition) is 6. The van der Waals surface area contributed by atoms with E-state index in [1.807, 2.05) is 24.3 Å². The molecule has 1 aromatic carbocycles. The summed E-state index contributed by atoms with van der Waals surface area (Å²) in [6, 6.07) is 7.60. The molecule has 0 bridgehead atoms. The van der Waals surface area contributed by atoms with Crippen LogP contribution in [0, 0.1) is 0 Å². The maximum absolute atomic E-state index is 12.6. The van der Waals surface area contributed by atoms with Gasteiger partial charge in [-0.25, -0.2) is 9.86 Å². The number of nitrogens with one attached hydrogen (secondary N) is 1. The fourth-order valence-corrected chi connectivity index (χ4v) is 2.99. The summed E-state index contributed by atoms with van der Waals surface area (Å²) in [5.74, 6) is 1.11. The molecule has 0 spiro atoms. The number of alkyl carbamates (subject to hydrolysis) is 1. The predicted molar refractivity (Wildman–Crippen MR) is 92.9 cm³/mol. The SMILES string of the molecule is COC(=O)NC[C@](C)(SCc1ccc(OC)cc1)C(=O)N(C)OC. The van der Waals surface area contributed by atoms with E-state index in [-0.39, 0.29) is 12.5 Å². The van der Waals surface area contributed by atoms with Gasteiger partial charge in [-0.3, -0.25) is 9.63 Å². The Hall–Kier alpha value is -1.93. The number of hydroxylamine groups is 2. The second kappa shape index (κ2) is 9.39. The molecule has 7 nitrogen and oxygen atoms in total. The Morgan fingerprint density at radius 2 is 1.83 bits per heavy atom. The van der Waals surface area contributed by atoms with Gasteiger partial charge in [0.15, 0.2) is 0 Å². The van der Waals surface area contributed by atoms with Crippen LogP contribution >= 0.6 is 11.8 Å². The van der Waals surface area contributed by atoms with Gasteiger partial charge in [0, 0.05) is 19.3 Å². The van der Waals surface area contributed by atoms with Gasteiger partial charge in [0.05, 0.1) is 21.3 Å². The van der Waals surface area contributed by atoms with E-state index in [4.69, 9.17) is 9.57 Å². The van der Waals surface area contributed by atoms with E-state index in [2.05, 4.69) is 10.1 Å². The summed E-state index contributed by atoms with van der Waals surface area (Å²) in [6.07, 6.45) is -0.584. The molecular weight excluding hydrogens is 332 g/mol. The van der Waals surface area contributed by atoms with Crippen molar-refractivity contribution in [1.29, 1.82) is 0 Å². The van der Waals surface area contributed by atoms with Crippen LogP contribution in [-0.2, 0) is 20.1 Å². The lowest BCUT2D eigenvalue weighted by atomic mass is 10.1. The Kier molecular flexibility index (Phi) is 7.87. The zero-order valence-electron chi connectivity index (χ0n) is 14.6. The molecule has 0 aliphatic carbocycles. The number of hydrogen-bond donors (Lipinski definition) is 1. The van der Waals surface area contributed by atoms with Gasteiger partial charge in [-0.15, -0.1) is 11.8 Å². The molecule has 0 aromatic heterocycles. The molecule has 1 N–H and O–H groups in total. The molecule has 0 aliphatic heterocycles. The number of ether oxygens (including phenoxy) is 2. The third-order valence-electron chi connectivity index (χ3n) is 3.48. The largest absolute Gasteiger partial charge is 0.497 e. The monoisotopic (exact) mass is 356 g/mol. The second-order valence-electron chi connectivity index (χ2n) is 5.20. The number of rotatable bonds is 8. The first-order chi connectivity index (χ1) is 11.4. The molecule has 1 rings (SSSR count). The fraction of sp³-hybridized carbons (Fsp3) is 0.500. The van der Waals surface area contributed by atoms with Crippen LogP contribution in [0.5, 0.6) is 5.75 Å². The molecule has 0 unspecified atom stereocenters. The molecule has 0 aliphatic rings. The van der Waals surface area contributed by atoms with Gasteiger partial charge in [-0.2, -0.15) is 0 Å². The van der Waals surface area contributed by atoms with E-state index in [0.29, 0.717) is 5.75 Å². The Labute approximate surface area is 146 Å². The number of carbonyl (C=O) groups is 2. The standard InChI is InChI=1S/C16H24N2O5S/c1-16(11-17-15(20)22-4,14(19)18(2)23-5)24-10-12-6-8-13(21-3)9-7-12/h6-9H,10-11H2,1-5H3,(H,17,20)/t16-/m0/s1. The molecule has 1 aromatic rings. The topological polar surface area (TPSA) is 77.1 Å². The number of nitrogens with zero attached hydrogens (tertiary/aromatic N) is 1. The van der Waals surface area contributed by atoms with Crippen LogP contribution in [0.15, 0.2) is 24.3 Å². The first-order valence-electron chi connectivity index (χ1n) is 7.27. The van der Waals surface area contributed by atoms with Crippen LogP contribution in [-0.4, -0.2) is 56.7 Å². The summed E-state index contributed by atoms with van der Waals surface area (Å²) in [7, 11) is 5.84. The zero-order chi connectivity index (χ0) is 18.2. The van der Waals surface area contributed by atoms with E-state index in [0.717, 1.165) is 16.4 Å². The van der Waals surface area contributed by atoms with E-state index in [1.165, 1.54) is 33.0 Å². The second-order valence-corrected chi connectivity index (χ2v) is 6.68. The predicted octanol–water partition coefficient (Wildman–Crippen LogP) is 2.06. The maximum Gasteiger partial charge on any atom is 0.406 e. The van der Waals surface area contributed by atoms with E-state index < -0.39 is 10.8 Å². The summed E-state index contributed by atoms with van der Waals surface area (Å²) < 4.78 is 8.80. The van der Waals surface area contributed by atoms with Crippen LogP contribution in [0.2, 0.25) is 0 Å². The molecule has 0 heterocycles. The Morgan fingerprint density at radius 3 is 2.33 bits per heavy atom. The molecule has 0 fully saturated rings. The van der Waals surface area contributed by atoms with Gasteiger partial charge >= 0.3 is 6.09 Å². The van der Waals surface area contributed by atoms with Gasteiger partial charge in [-0.1, -0.05) is 12.1 Å². The number of thioether (sulfide) groups is 1. The van der Waals surface area contributed by atoms with Gasteiger partial charge in [0.25, 0.3) is 5.91 Å². The molecule has 0 radical (unpaired) electrons. The van der Waals surface area contributed by atoms with Crippen molar-refractivity contribution in [3.63, 3.8) is 0 Å². The molecule has 134 valence electrons. The van der Waals surface area contributed by atoms with Crippen molar-refractivity contribution in [1.82, 2.24) is 10.4 Å². The highest BCUT2D eigenvalue weighted by Gasteiger charge is 2.37. The van der Waals surface area contributed by atoms with Crippen molar-refractivity contribution < 1.29 is 23.9 Å². The lowest BCUT2D eigenvalue weighted by molar-refractivity contribution is -0.170. The average Bonchev–Trinajstić information content (AvgIpc) is 2.63. The number of amides is 2. The maximum atomic E-state index is 12.6. The van der Waals surface area contributed by atoms with Gasteiger partial charge in [0.1, 0.15) is 10.5 Å². The quantitative estimate of drug-likeness (QED) is 0.719. The minimum atomic E-state index is -0.904. The van der Waals surface area contributed by atoms with Crippen LogP contribution in [0.1, 0.15) is 12.5 Å². The normalized spacial score (nSPS) is 12.9. The molecule has 0 saturated heterocycles. The summed E-state index contributed by atoms with van der Waals surface area (Å²) in [4.78, 5) is 28.9. The van der Waals surface area contributed by atoms with Crippen LogP contribution in [0.4, 0.5) is 4.79 Å². The van der Waals surface area contributed by atoms with Crippen molar-refractivity contribution in [2.24, 2.45) is 0 Å². The summed E-state index contributed by atoms with van der Waals surface area (Å²) in [5.41, 5.74) is 1.04. The van der Waals surface area contributed by atoms with E-state index in [1.54, 1.807) is 14.0 Å². The highest BCUT2D eigenvalue weighted by molar-refractivity contribution is 8.00. The number of benzene rings is 1. The zero-order valence-corrected chi connectivity index (χ0v) is 15.4. The summed E-state index contributed by atoms with van der Waals surface area (Å²) >= 11 is 1.41. The molecule has 8 heteroatoms. The molecule has 1 atom stereocenters. The lowest BCUT2D eigenvalue weighted by Crippen LogP contribution is -2.50. The van der Waals surface area contributed by atoms with E-state index in [9.17, 15) is 9.59 Å². The van der Waals surface area contributed by atoms with Crippen molar-refractivity contribution in [2.75, 3.05) is 34.9 Å². The third-order valence-corrected chi connectivity index (χ3v) is 4.92. The van der Waals surface area contributed by atoms with Crippen molar-refractivity contribution in [3.8, 4) is 5.75 Å². The van der Waals surface area contributed by atoms with Crippen LogP contribution in [0.3, 0.4) is 0 Å². The Bertz CT molecular complexity index is 552. The summed E-state index contributed by atoms with van der Waals surface area (Å²) in [6.45, 7) is 1.88. The molecule has 24 heavy (non-hydrogen) atoms. The third kappa shape index (κ3) is 5.61. The highest BCUT2D eigenvalue weighted by atomic mass is 32.2. The fourth-order valence-electron chi connectivity index (χ4n) is 1.88. The number of methoxy groups -OCH3 is 2. The molecular formula is C16H24N2O5S. The van der Waals surface area contributed by atoms with Gasteiger partial charge in [0.2, 0.25) is 0 Å². The van der Waals surface area contributed by atoms with Crippen molar-refractivity contribution in [3.05, 3.63) is 29.8 Å². The minimum absolute atomic E-state index is 0.118. The first-order valence-corrected chi connectivity index (χ1v) is 8.26. The number of carbonyl (C=O) groups excluding carboxylic acids is 2. The van der Waals surface area contributed by atoms with Crippen molar-refractivity contribution >= 4 is 23.8 Å². The first kappa shape index (κ1) is 20.1. The van der Waals surface area contributed by atoms with Crippen molar-refractivity contribution in [2.45, 2.75) is 17.4 Å². The van der Waals surface area contributed by atoms with Crippen LogP contribution < -0.4 is 10.1 Å². The lowest BCUT2D eigenvalue weighted by Gasteiger charge is -2.31. The van der Waals surface area contributed by atoms with Crippen LogP contribution in [0.25, 0.3) is 0 Å². The van der Waals surface area contributed by atoms with Gasteiger partial charge in [-0.05, 0) is 24.6 Å². The van der Waals surface area contributed by atoms with E-state index >= 15 is 0 Å². The van der Waals surface area contributed by atoms with Gasteiger partial charge < -0.3 is 14.8 Å². The molecule has 0 saturated carbocycles. The highest BCUT2D eigenvalue weighted by Crippen LogP contribution is 2.30. The Morgan fingerprint density at radius 1 is 1.21 bits per heavy atom. The Balaban J connectivity index is 2.82.